The Bertz CT molecular complexity index is 528. The number of aromatic nitrogens is 1. The van der Waals surface area contributed by atoms with Crippen molar-refractivity contribution in [1.82, 2.24) is 4.98 Å². The zero-order valence-corrected chi connectivity index (χ0v) is 11.4. The van der Waals surface area contributed by atoms with Crippen LogP contribution in [0.25, 0.3) is 0 Å². The second kappa shape index (κ2) is 5.82. The average Bonchev–Trinajstić information content (AvgIpc) is 2.28. The Kier molecular flexibility index (Phi) is 4.15. The fraction of sp³-hybridized carbons (Fsp3) is 0.154. The number of pyridine rings is 1. The molecule has 1 N–H and O–H groups in total. The van der Waals surface area contributed by atoms with Crippen LogP contribution in [0.4, 0.5) is 10.2 Å². The number of ether oxygens (including phenoxy) is 1. The van der Waals surface area contributed by atoms with E-state index in [1.165, 1.54) is 12.1 Å². The van der Waals surface area contributed by atoms with E-state index in [0.29, 0.717) is 16.1 Å². The molecule has 5 heteroatoms. The summed E-state index contributed by atoms with van der Waals surface area (Å²) in [6.45, 7) is 2.76. The highest BCUT2D eigenvalue weighted by Gasteiger charge is 2.03. The van der Waals surface area contributed by atoms with Crippen LogP contribution in [-0.4, -0.2) is 11.5 Å². The molecule has 0 spiro atoms. The molecule has 0 saturated carbocycles. The third kappa shape index (κ3) is 3.43. The van der Waals surface area contributed by atoms with Crippen LogP contribution in [0.1, 0.15) is 6.92 Å². The molecule has 0 aliphatic heterocycles. The zero-order valence-electron chi connectivity index (χ0n) is 9.78. The molecule has 2 rings (SSSR count). The first-order chi connectivity index (χ1) is 8.67. The molecule has 1 aromatic carbocycles. The molecule has 94 valence electrons. The highest BCUT2D eigenvalue weighted by molar-refractivity contribution is 9.10. The molecule has 2 aromatic rings. The van der Waals surface area contributed by atoms with Crippen LogP contribution in [0.3, 0.4) is 0 Å². The van der Waals surface area contributed by atoms with Crippen molar-refractivity contribution in [2.24, 2.45) is 0 Å². The summed E-state index contributed by atoms with van der Waals surface area (Å²) in [4.78, 5) is 4.25. The third-order valence-electron chi connectivity index (χ3n) is 2.14. The Morgan fingerprint density at radius 3 is 2.89 bits per heavy atom. The first kappa shape index (κ1) is 12.8. The van der Waals surface area contributed by atoms with Crippen LogP contribution in [0.2, 0.25) is 0 Å². The maximum absolute atomic E-state index is 13.2. The van der Waals surface area contributed by atoms with E-state index in [1.807, 2.05) is 19.1 Å². The lowest BCUT2D eigenvalue weighted by atomic mass is 10.3. The van der Waals surface area contributed by atoms with E-state index >= 15 is 0 Å². The van der Waals surface area contributed by atoms with Gasteiger partial charge in [-0.1, -0.05) is 22.0 Å². The minimum absolute atomic E-state index is 0.359. The molecular weight excluding hydrogens is 299 g/mol. The summed E-state index contributed by atoms with van der Waals surface area (Å²) >= 11 is 3.21. The van der Waals surface area contributed by atoms with Crippen molar-refractivity contribution < 1.29 is 9.13 Å². The van der Waals surface area contributed by atoms with E-state index in [1.54, 1.807) is 12.1 Å². The minimum atomic E-state index is -0.359. The topological polar surface area (TPSA) is 34.1 Å². The summed E-state index contributed by atoms with van der Waals surface area (Å²) < 4.78 is 19.3. The molecule has 0 saturated heterocycles. The van der Waals surface area contributed by atoms with Crippen molar-refractivity contribution in [3.8, 4) is 11.6 Å². The number of halogens is 2. The normalized spacial score (nSPS) is 10.2. The standard InChI is InChI=1S/C13H12BrFN2O/c1-2-16-12-4-3-5-13(17-12)18-11-7-9(14)6-10(15)8-11/h3-8H,2H2,1H3,(H,16,17). The predicted octanol–water partition coefficient (Wildman–Crippen LogP) is 4.21. The SMILES string of the molecule is CCNc1cccc(Oc2cc(F)cc(Br)c2)n1. The largest absolute Gasteiger partial charge is 0.439 e. The van der Waals surface area contributed by atoms with Crippen LogP contribution in [0.15, 0.2) is 40.9 Å². The summed E-state index contributed by atoms with van der Waals surface area (Å²) in [5.74, 6) is 1.20. The fourth-order valence-corrected chi connectivity index (χ4v) is 1.90. The van der Waals surface area contributed by atoms with E-state index in [9.17, 15) is 4.39 Å². The fourth-order valence-electron chi connectivity index (χ4n) is 1.46. The molecule has 0 fully saturated rings. The van der Waals surface area contributed by atoms with Crippen molar-refractivity contribution in [2.45, 2.75) is 6.92 Å². The van der Waals surface area contributed by atoms with Crippen molar-refractivity contribution in [2.75, 3.05) is 11.9 Å². The monoisotopic (exact) mass is 310 g/mol. The van der Waals surface area contributed by atoms with Gasteiger partial charge in [0.05, 0.1) is 0 Å². The predicted molar refractivity (Wildman–Crippen MR) is 72.6 cm³/mol. The molecule has 0 aliphatic rings. The van der Waals surface area contributed by atoms with Crippen LogP contribution >= 0.6 is 15.9 Å². The van der Waals surface area contributed by atoms with Gasteiger partial charge in [0, 0.05) is 23.2 Å². The highest BCUT2D eigenvalue weighted by atomic mass is 79.9. The third-order valence-corrected chi connectivity index (χ3v) is 2.60. The van der Waals surface area contributed by atoms with Crippen LogP contribution in [-0.2, 0) is 0 Å². The number of nitrogens with zero attached hydrogens (tertiary/aromatic N) is 1. The van der Waals surface area contributed by atoms with Gasteiger partial charge in [-0.05, 0) is 25.1 Å². The Hall–Kier alpha value is -1.62. The lowest BCUT2D eigenvalue weighted by molar-refractivity contribution is 0.458. The van der Waals surface area contributed by atoms with Crippen LogP contribution in [0.5, 0.6) is 11.6 Å². The Morgan fingerprint density at radius 1 is 1.33 bits per heavy atom. The van der Waals surface area contributed by atoms with Crippen molar-refractivity contribution in [3.05, 3.63) is 46.7 Å². The molecule has 18 heavy (non-hydrogen) atoms. The number of hydrogen-bond acceptors (Lipinski definition) is 3. The molecule has 0 bridgehead atoms. The van der Waals surface area contributed by atoms with Gasteiger partial charge in [-0.25, -0.2) is 4.39 Å². The number of rotatable bonds is 4. The molecule has 0 amide bonds. The Labute approximate surface area is 113 Å². The number of nitrogens with one attached hydrogen (secondary N) is 1. The number of anilines is 1. The molecule has 1 heterocycles. The highest BCUT2D eigenvalue weighted by Crippen LogP contribution is 2.25. The van der Waals surface area contributed by atoms with E-state index in [0.717, 1.165) is 12.4 Å². The van der Waals surface area contributed by atoms with Gasteiger partial charge in [0.1, 0.15) is 17.4 Å². The van der Waals surface area contributed by atoms with E-state index in [4.69, 9.17) is 4.74 Å². The molecule has 0 atom stereocenters. The second-order valence-corrected chi connectivity index (χ2v) is 4.51. The smallest absolute Gasteiger partial charge is 0.221 e. The summed E-state index contributed by atoms with van der Waals surface area (Å²) in [7, 11) is 0. The lowest BCUT2D eigenvalue weighted by Gasteiger charge is -2.07. The lowest BCUT2D eigenvalue weighted by Crippen LogP contribution is -1.99. The first-order valence-electron chi connectivity index (χ1n) is 5.52. The Morgan fingerprint density at radius 2 is 2.17 bits per heavy atom. The average molecular weight is 311 g/mol. The van der Waals surface area contributed by atoms with Gasteiger partial charge in [-0.15, -0.1) is 0 Å². The van der Waals surface area contributed by atoms with Gasteiger partial charge in [-0.2, -0.15) is 4.98 Å². The van der Waals surface area contributed by atoms with Crippen molar-refractivity contribution in [1.29, 1.82) is 0 Å². The van der Waals surface area contributed by atoms with E-state index in [-0.39, 0.29) is 5.82 Å². The summed E-state index contributed by atoms with van der Waals surface area (Å²) in [5, 5.41) is 3.08. The van der Waals surface area contributed by atoms with E-state index in [2.05, 4.69) is 26.2 Å². The molecular formula is C13H12BrFN2O. The first-order valence-corrected chi connectivity index (χ1v) is 6.31. The van der Waals surface area contributed by atoms with Gasteiger partial charge in [0.2, 0.25) is 5.88 Å². The van der Waals surface area contributed by atoms with Gasteiger partial charge < -0.3 is 10.1 Å². The van der Waals surface area contributed by atoms with E-state index < -0.39 is 0 Å². The molecule has 1 aromatic heterocycles. The van der Waals surface area contributed by atoms with Crippen molar-refractivity contribution >= 4 is 21.7 Å². The van der Waals surface area contributed by atoms with Crippen LogP contribution < -0.4 is 10.1 Å². The summed E-state index contributed by atoms with van der Waals surface area (Å²) in [6.07, 6.45) is 0. The summed E-state index contributed by atoms with van der Waals surface area (Å²) in [6, 6.07) is 9.76. The van der Waals surface area contributed by atoms with Crippen molar-refractivity contribution in [3.63, 3.8) is 0 Å². The summed E-state index contributed by atoms with van der Waals surface area (Å²) in [5.41, 5.74) is 0. The maximum atomic E-state index is 13.2. The minimum Gasteiger partial charge on any atom is -0.439 e. The van der Waals surface area contributed by atoms with Gasteiger partial charge in [-0.3, -0.25) is 0 Å². The number of benzene rings is 1. The second-order valence-electron chi connectivity index (χ2n) is 3.60. The van der Waals surface area contributed by atoms with Gasteiger partial charge in [0.25, 0.3) is 0 Å². The molecule has 3 nitrogen and oxygen atoms in total. The number of hydrogen-bond donors (Lipinski definition) is 1. The Balaban J connectivity index is 2.20. The molecule has 0 aliphatic carbocycles. The van der Waals surface area contributed by atoms with Gasteiger partial charge >= 0.3 is 0 Å². The molecule has 0 unspecified atom stereocenters. The van der Waals surface area contributed by atoms with Gasteiger partial charge in [0.15, 0.2) is 0 Å². The maximum Gasteiger partial charge on any atom is 0.221 e. The zero-order chi connectivity index (χ0) is 13.0. The molecule has 0 radical (unpaired) electrons. The quantitative estimate of drug-likeness (QED) is 0.918. The van der Waals surface area contributed by atoms with Crippen LogP contribution in [0, 0.1) is 5.82 Å².